The molecule has 2 heterocycles. The summed E-state index contributed by atoms with van der Waals surface area (Å²) in [5.41, 5.74) is 2.39. The first-order valence-corrected chi connectivity index (χ1v) is 7.87. The van der Waals surface area contributed by atoms with Gasteiger partial charge in [0.1, 0.15) is 11.5 Å². The summed E-state index contributed by atoms with van der Waals surface area (Å²) in [5, 5.41) is 3.18. The van der Waals surface area contributed by atoms with Gasteiger partial charge in [0.2, 0.25) is 0 Å². The van der Waals surface area contributed by atoms with Crippen LogP contribution in [0, 0.1) is 0 Å². The van der Waals surface area contributed by atoms with Crippen LogP contribution in [0.25, 0.3) is 0 Å². The number of aromatic nitrogens is 2. The molecule has 0 spiro atoms. The molecular weight excluding hydrogens is 306 g/mol. The molecule has 1 aliphatic heterocycles. The van der Waals surface area contributed by atoms with Crippen molar-refractivity contribution in [1.82, 2.24) is 14.9 Å². The zero-order valence-electron chi connectivity index (χ0n) is 13.9. The lowest BCUT2D eigenvalue weighted by Crippen LogP contribution is -2.41. The van der Waals surface area contributed by atoms with Gasteiger partial charge in [-0.3, -0.25) is 4.79 Å². The second-order valence-electron chi connectivity index (χ2n) is 5.76. The van der Waals surface area contributed by atoms with Gasteiger partial charge in [-0.05, 0) is 24.3 Å². The molecule has 7 nitrogen and oxygen atoms in total. The second-order valence-corrected chi connectivity index (χ2v) is 5.76. The Balaban J connectivity index is 1.64. The van der Waals surface area contributed by atoms with Gasteiger partial charge in [0, 0.05) is 38.6 Å². The Morgan fingerprint density at radius 2 is 1.83 bits per heavy atom. The average Bonchev–Trinajstić information content (AvgIpc) is 2.63. The molecule has 1 amide bonds. The molecule has 1 N–H and O–H groups in total. The number of nitrogens with zero attached hydrogens (tertiary/aromatic N) is 4. The van der Waals surface area contributed by atoms with Crippen molar-refractivity contribution in [2.75, 3.05) is 50.6 Å². The molecule has 0 unspecified atom stereocenters. The van der Waals surface area contributed by atoms with E-state index in [-0.39, 0.29) is 5.91 Å². The Labute approximate surface area is 141 Å². The van der Waals surface area contributed by atoms with Crippen LogP contribution in [0.3, 0.4) is 0 Å². The molecule has 24 heavy (non-hydrogen) atoms. The maximum Gasteiger partial charge on any atom is 0.274 e. The topological polar surface area (TPSA) is 70.6 Å². The van der Waals surface area contributed by atoms with Crippen LogP contribution < -0.4 is 10.2 Å². The molecule has 3 rings (SSSR count). The Morgan fingerprint density at radius 1 is 1.12 bits per heavy atom. The van der Waals surface area contributed by atoms with Gasteiger partial charge in [-0.1, -0.05) is 0 Å². The number of benzene rings is 1. The number of nitrogens with one attached hydrogen (secondary N) is 1. The minimum atomic E-state index is -0.104. The van der Waals surface area contributed by atoms with Crippen LogP contribution >= 0.6 is 0 Å². The van der Waals surface area contributed by atoms with E-state index >= 15 is 0 Å². The summed E-state index contributed by atoms with van der Waals surface area (Å²) in [7, 11) is 4.00. The van der Waals surface area contributed by atoms with Crippen molar-refractivity contribution in [1.29, 1.82) is 0 Å². The zero-order valence-corrected chi connectivity index (χ0v) is 13.9. The lowest BCUT2D eigenvalue weighted by Gasteiger charge is -2.26. The summed E-state index contributed by atoms with van der Waals surface area (Å²) in [5.74, 6) is 0.499. The molecule has 1 aliphatic rings. The highest BCUT2D eigenvalue weighted by Crippen LogP contribution is 2.18. The second kappa shape index (κ2) is 7.27. The first-order valence-electron chi connectivity index (χ1n) is 7.87. The minimum absolute atomic E-state index is 0.104. The molecule has 0 saturated carbocycles. The summed E-state index contributed by atoms with van der Waals surface area (Å²) in [6, 6.07) is 7.99. The molecule has 0 bridgehead atoms. The number of amides is 1. The van der Waals surface area contributed by atoms with Crippen LogP contribution in [0.2, 0.25) is 0 Å². The summed E-state index contributed by atoms with van der Waals surface area (Å²) >= 11 is 0. The summed E-state index contributed by atoms with van der Waals surface area (Å²) in [4.78, 5) is 24.6. The number of ether oxygens (including phenoxy) is 1. The van der Waals surface area contributed by atoms with Gasteiger partial charge < -0.3 is 19.9 Å². The molecule has 1 aromatic heterocycles. The van der Waals surface area contributed by atoms with Gasteiger partial charge in [0.25, 0.3) is 5.91 Å². The van der Waals surface area contributed by atoms with Gasteiger partial charge in [-0.25, -0.2) is 9.97 Å². The quantitative estimate of drug-likeness (QED) is 0.923. The van der Waals surface area contributed by atoms with Crippen LogP contribution in [0.1, 0.15) is 10.5 Å². The van der Waals surface area contributed by atoms with Crippen molar-refractivity contribution in [3.8, 4) is 0 Å². The Kier molecular flexibility index (Phi) is 4.90. The van der Waals surface area contributed by atoms with Crippen LogP contribution in [0.15, 0.2) is 36.7 Å². The number of carbonyl (C=O) groups excluding carboxylic acids is 1. The van der Waals surface area contributed by atoms with Gasteiger partial charge in [0.05, 0.1) is 25.6 Å². The minimum Gasteiger partial charge on any atom is -0.378 e. The predicted molar refractivity (Wildman–Crippen MR) is 92.8 cm³/mol. The van der Waals surface area contributed by atoms with Gasteiger partial charge in [-0.15, -0.1) is 0 Å². The van der Waals surface area contributed by atoms with E-state index in [1.165, 1.54) is 6.20 Å². The molecular formula is C17H21N5O2. The molecule has 1 aromatic carbocycles. The molecule has 1 fully saturated rings. The molecule has 2 aromatic rings. The molecule has 126 valence electrons. The lowest BCUT2D eigenvalue weighted by molar-refractivity contribution is 0.0298. The maximum atomic E-state index is 12.3. The van der Waals surface area contributed by atoms with E-state index in [9.17, 15) is 4.79 Å². The van der Waals surface area contributed by atoms with Gasteiger partial charge >= 0.3 is 0 Å². The first kappa shape index (κ1) is 16.2. The smallest absolute Gasteiger partial charge is 0.274 e. The highest BCUT2D eigenvalue weighted by Gasteiger charge is 2.19. The van der Waals surface area contributed by atoms with Crippen molar-refractivity contribution in [3.05, 3.63) is 42.4 Å². The van der Waals surface area contributed by atoms with Crippen molar-refractivity contribution in [2.24, 2.45) is 0 Å². The van der Waals surface area contributed by atoms with E-state index in [0.717, 1.165) is 11.4 Å². The largest absolute Gasteiger partial charge is 0.378 e. The van der Waals surface area contributed by atoms with E-state index in [4.69, 9.17) is 4.74 Å². The Bertz CT molecular complexity index is 679. The van der Waals surface area contributed by atoms with Gasteiger partial charge in [0.15, 0.2) is 0 Å². The first-order chi connectivity index (χ1) is 11.6. The van der Waals surface area contributed by atoms with Crippen molar-refractivity contribution in [3.63, 3.8) is 0 Å². The number of hydrogen-bond acceptors (Lipinski definition) is 6. The van der Waals surface area contributed by atoms with Crippen LogP contribution in [0.4, 0.5) is 17.2 Å². The lowest BCUT2D eigenvalue weighted by atomic mass is 10.2. The molecule has 1 saturated heterocycles. The highest BCUT2D eigenvalue weighted by molar-refractivity contribution is 5.92. The fourth-order valence-electron chi connectivity index (χ4n) is 2.42. The third-order valence-corrected chi connectivity index (χ3v) is 3.83. The zero-order chi connectivity index (χ0) is 16.9. The Morgan fingerprint density at radius 3 is 2.42 bits per heavy atom. The number of hydrogen-bond donors (Lipinski definition) is 1. The molecule has 7 heteroatoms. The third kappa shape index (κ3) is 3.80. The SMILES string of the molecule is CN(C)c1ccc(Nc2cnc(C(=O)N3CCOCC3)cn2)cc1. The number of carbonyl (C=O) groups is 1. The van der Waals surface area contributed by atoms with Crippen LogP contribution in [0.5, 0.6) is 0 Å². The number of anilines is 3. The molecule has 0 atom stereocenters. The summed E-state index contributed by atoms with van der Waals surface area (Å²) < 4.78 is 5.25. The van der Waals surface area contributed by atoms with Crippen LogP contribution in [-0.2, 0) is 4.74 Å². The van der Waals surface area contributed by atoms with Crippen molar-refractivity contribution >= 4 is 23.1 Å². The normalized spacial score (nSPS) is 14.3. The maximum absolute atomic E-state index is 12.3. The van der Waals surface area contributed by atoms with E-state index in [1.807, 2.05) is 43.3 Å². The van der Waals surface area contributed by atoms with Crippen molar-refractivity contribution < 1.29 is 9.53 Å². The number of rotatable bonds is 4. The van der Waals surface area contributed by atoms with Crippen LogP contribution in [-0.4, -0.2) is 61.2 Å². The fraction of sp³-hybridized carbons (Fsp3) is 0.353. The molecule has 0 radical (unpaired) electrons. The monoisotopic (exact) mass is 327 g/mol. The summed E-state index contributed by atoms with van der Waals surface area (Å²) in [6.07, 6.45) is 3.09. The van der Waals surface area contributed by atoms with E-state index < -0.39 is 0 Å². The van der Waals surface area contributed by atoms with E-state index in [2.05, 4.69) is 15.3 Å². The fourth-order valence-corrected chi connectivity index (χ4v) is 2.42. The standard InChI is InChI=1S/C17H21N5O2/c1-21(2)14-5-3-13(4-6-14)20-16-12-18-15(11-19-16)17(23)22-7-9-24-10-8-22/h3-6,11-12H,7-10H2,1-2H3,(H,19,20). The average molecular weight is 327 g/mol. The van der Waals surface area contributed by atoms with Crippen molar-refractivity contribution in [2.45, 2.75) is 0 Å². The Hall–Kier alpha value is -2.67. The van der Waals surface area contributed by atoms with E-state index in [0.29, 0.717) is 37.8 Å². The third-order valence-electron chi connectivity index (χ3n) is 3.83. The van der Waals surface area contributed by atoms with E-state index in [1.54, 1.807) is 11.1 Å². The molecule has 0 aliphatic carbocycles. The number of morpholine rings is 1. The van der Waals surface area contributed by atoms with Gasteiger partial charge in [-0.2, -0.15) is 0 Å². The summed E-state index contributed by atoms with van der Waals surface area (Å²) in [6.45, 7) is 2.33. The highest BCUT2D eigenvalue weighted by atomic mass is 16.5. The predicted octanol–water partition coefficient (Wildman–Crippen LogP) is 1.76.